The summed E-state index contributed by atoms with van der Waals surface area (Å²) in [5.41, 5.74) is 0.519. The molecule has 1 aliphatic heterocycles. The summed E-state index contributed by atoms with van der Waals surface area (Å²) < 4.78 is 26.7. The van der Waals surface area contributed by atoms with E-state index in [9.17, 15) is 8.42 Å². The molecule has 102 valence electrons. The van der Waals surface area contributed by atoms with Crippen molar-refractivity contribution in [3.8, 4) is 0 Å². The molecule has 0 amide bonds. The summed E-state index contributed by atoms with van der Waals surface area (Å²) in [6.45, 7) is 3.72. The second-order valence-electron chi connectivity index (χ2n) is 4.98. The van der Waals surface area contributed by atoms with Crippen molar-refractivity contribution in [2.75, 3.05) is 0 Å². The van der Waals surface area contributed by atoms with Gasteiger partial charge in [0.1, 0.15) is 0 Å². The van der Waals surface area contributed by atoms with E-state index in [2.05, 4.69) is 4.98 Å². The minimum atomic E-state index is -3.46. The maximum Gasteiger partial charge on any atom is 0.245 e. The summed E-state index contributed by atoms with van der Waals surface area (Å²) >= 11 is 0. The van der Waals surface area contributed by atoms with Crippen LogP contribution in [0.2, 0.25) is 0 Å². The topological polar surface area (TPSA) is 73.4 Å². The number of hydrogen-bond acceptors (Lipinski definition) is 3. The number of H-pyrrole nitrogens is 1. The zero-order valence-electron chi connectivity index (χ0n) is 10.8. The summed E-state index contributed by atoms with van der Waals surface area (Å²) in [6, 6.07) is 1.57. The van der Waals surface area contributed by atoms with Crippen molar-refractivity contribution in [3.05, 3.63) is 18.0 Å². The van der Waals surface area contributed by atoms with Crippen molar-refractivity contribution in [2.24, 2.45) is 0 Å². The van der Waals surface area contributed by atoms with Gasteiger partial charge >= 0.3 is 0 Å². The number of aliphatic hydroxyl groups is 1. The van der Waals surface area contributed by atoms with Crippen LogP contribution in [0.15, 0.2) is 17.2 Å². The number of aromatic amines is 1. The number of aliphatic hydroxyl groups excluding tert-OH is 1. The monoisotopic (exact) mass is 272 g/mol. The maximum absolute atomic E-state index is 12.6. The van der Waals surface area contributed by atoms with Gasteiger partial charge in [-0.25, -0.2) is 8.42 Å². The lowest BCUT2D eigenvalue weighted by atomic mass is 10.0. The van der Waals surface area contributed by atoms with E-state index in [1.807, 2.05) is 13.8 Å². The number of nitrogens with zero attached hydrogens (tertiary/aromatic N) is 1. The molecule has 0 aromatic carbocycles. The predicted molar refractivity (Wildman–Crippen MR) is 68.5 cm³/mol. The summed E-state index contributed by atoms with van der Waals surface area (Å²) in [6.07, 6.45) is 4.33. The number of nitrogens with one attached hydrogen (secondary N) is 1. The lowest BCUT2D eigenvalue weighted by Gasteiger charge is -2.37. The zero-order valence-corrected chi connectivity index (χ0v) is 11.6. The lowest BCUT2D eigenvalue weighted by Crippen LogP contribution is -2.47. The Bertz CT molecular complexity index is 499. The molecule has 18 heavy (non-hydrogen) atoms. The first-order valence-corrected chi connectivity index (χ1v) is 7.72. The highest BCUT2D eigenvalue weighted by Crippen LogP contribution is 2.29. The van der Waals surface area contributed by atoms with Crippen molar-refractivity contribution in [1.82, 2.24) is 9.29 Å². The summed E-state index contributed by atoms with van der Waals surface area (Å²) in [5, 5.41) is 8.99. The molecule has 6 heteroatoms. The molecular formula is C12H20N2O3S. The summed E-state index contributed by atoms with van der Waals surface area (Å²) in [5.74, 6) is 0. The molecule has 1 aromatic heterocycles. The molecule has 2 atom stereocenters. The SMILES string of the molecule is CC1CCCC(C)N1S(=O)(=O)c1c[nH]c(CO)c1. The van der Waals surface area contributed by atoms with E-state index in [1.54, 1.807) is 4.31 Å². The molecule has 1 saturated heterocycles. The van der Waals surface area contributed by atoms with Gasteiger partial charge in [0, 0.05) is 24.0 Å². The van der Waals surface area contributed by atoms with Gasteiger partial charge in [0.05, 0.1) is 11.5 Å². The Morgan fingerprint density at radius 3 is 2.50 bits per heavy atom. The molecule has 1 aromatic rings. The smallest absolute Gasteiger partial charge is 0.245 e. The molecule has 0 spiro atoms. The van der Waals surface area contributed by atoms with Gasteiger partial charge < -0.3 is 10.1 Å². The van der Waals surface area contributed by atoms with Gasteiger partial charge in [-0.15, -0.1) is 0 Å². The second kappa shape index (κ2) is 5.03. The third-order valence-electron chi connectivity index (χ3n) is 3.57. The molecule has 1 fully saturated rings. The van der Waals surface area contributed by atoms with Gasteiger partial charge in [-0.3, -0.25) is 0 Å². The predicted octanol–water partition coefficient (Wildman–Crippen LogP) is 1.46. The quantitative estimate of drug-likeness (QED) is 0.875. The van der Waals surface area contributed by atoms with Crippen molar-refractivity contribution < 1.29 is 13.5 Å². The highest BCUT2D eigenvalue weighted by molar-refractivity contribution is 7.89. The fourth-order valence-electron chi connectivity index (χ4n) is 2.65. The fraction of sp³-hybridized carbons (Fsp3) is 0.667. The van der Waals surface area contributed by atoms with Crippen LogP contribution in [-0.4, -0.2) is 34.9 Å². The standard InChI is InChI=1S/C12H20N2O3S/c1-9-4-3-5-10(2)14(9)18(16,17)12-6-11(8-15)13-7-12/h6-7,9-10,13,15H,3-5,8H2,1-2H3. The number of aromatic nitrogens is 1. The van der Waals surface area contributed by atoms with E-state index in [0.717, 1.165) is 19.3 Å². The van der Waals surface area contributed by atoms with Crippen LogP contribution in [0, 0.1) is 0 Å². The van der Waals surface area contributed by atoms with Gasteiger partial charge in [0.25, 0.3) is 0 Å². The molecule has 2 unspecified atom stereocenters. The minimum absolute atomic E-state index is 0.0335. The third-order valence-corrected chi connectivity index (χ3v) is 5.68. The van der Waals surface area contributed by atoms with Gasteiger partial charge in [-0.05, 0) is 32.8 Å². The normalized spacial score (nSPS) is 26.4. The van der Waals surface area contributed by atoms with Gasteiger partial charge in [-0.2, -0.15) is 4.31 Å². The first-order valence-electron chi connectivity index (χ1n) is 6.28. The van der Waals surface area contributed by atoms with Crippen LogP contribution in [0.25, 0.3) is 0 Å². The van der Waals surface area contributed by atoms with Gasteiger partial charge in [0.15, 0.2) is 0 Å². The summed E-state index contributed by atoms with van der Waals surface area (Å²) in [4.78, 5) is 3.02. The molecule has 2 heterocycles. The van der Waals surface area contributed by atoms with E-state index in [1.165, 1.54) is 12.3 Å². The van der Waals surface area contributed by atoms with E-state index in [-0.39, 0.29) is 23.6 Å². The Kier molecular flexibility index (Phi) is 3.79. The molecule has 5 nitrogen and oxygen atoms in total. The van der Waals surface area contributed by atoms with Crippen molar-refractivity contribution in [1.29, 1.82) is 0 Å². The molecule has 1 aliphatic rings. The average Bonchev–Trinajstić information content (AvgIpc) is 2.77. The minimum Gasteiger partial charge on any atom is -0.390 e. The molecule has 0 radical (unpaired) electrons. The van der Waals surface area contributed by atoms with Crippen LogP contribution >= 0.6 is 0 Å². The molecule has 0 saturated carbocycles. The first-order chi connectivity index (χ1) is 8.46. The maximum atomic E-state index is 12.6. The third kappa shape index (κ3) is 2.32. The van der Waals surface area contributed by atoms with Crippen molar-refractivity contribution in [2.45, 2.75) is 56.7 Å². The average molecular weight is 272 g/mol. The van der Waals surface area contributed by atoms with Crippen LogP contribution in [0.4, 0.5) is 0 Å². The van der Waals surface area contributed by atoms with Crippen LogP contribution in [-0.2, 0) is 16.6 Å². The molecule has 0 aliphatic carbocycles. The number of piperidine rings is 1. The van der Waals surface area contributed by atoms with E-state index >= 15 is 0 Å². The lowest BCUT2D eigenvalue weighted by molar-refractivity contribution is 0.204. The van der Waals surface area contributed by atoms with Gasteiger partial charge in [0.2, 0.25) is 10.0 Å². The Morgan fingerprint density at radius 1 is 1.39 bits per heavy atom. The van der Waals surface area contributed by atoms with E-state index in [4.69, 9.17) is 5.11 Å². The Balaban J connectivity index is 2.34. The van der Waals surface area contributed by atoms with Crippen LogP contribution in [0.5, 0.6) is 0 Å². The van der Waals surface area contributed by atoms with Crippen molar-refractivity contribution >= 4 is 10.0 Å². The van der Waals surface area contributed by atoms with Gasteiger partial charge in [-0.1, -0.05) is 6.42 Å². The van der Waals surface area contributed by atoms with Crippen LogP contribution < -0.4 is 0 Å². The fourth-order valence-corrected chi connectivity index (χ4v) is 4.55. The van der Waals surface area contributed by atoms with Crippen LogP contribution in [0.3, 0.4) is 0 Å². The van der Waals surface area contributed by atoms with E-state index in [0.29, 0.717) is 5.69 Å². The zero-order chi connectivity index (χ0) is 13.3. The number of sulfonamides is 1. The highest BCUT2D eigenvalue weighted by atomic mass is 32.2. The Morgan fingerprint density at radius 2 is 2.00 bits per heavy atom. The van der Waals surface area contributed by atoms with Crippen LogP contribution in [0.1, 0.15) is 38.8 Å². The second-order valence-corrected chi connectivity index (χ2v) is 6.83. The Hall–Kier alpha value is -0.850. The molecular weight excluding hydrogens is 252 g/mol. The summed E-state index contributed by atoms with van der Waals surface area (Å²) in [7, 11) is -3.46. The Labute approximate surface area is 108 Å². The molecule has 2 N–H and O–H groups in total. The number of rotatable bonds is 3. The largest absolute Gasteiger partial charge is 0.390 e. The van der Waals surface area contributed by atoms with Crippen molar-refractivity contribution in [3.63, 3.8) is 0 Å². The highest BCUT2D eigenvalue weighted by Gasteiger charge is 2.35. The molecule has 2 rings (SSSR count). The first kappa shape index (κ1) is 13.6. The molecule has 0 bridgehead atoms. The number of hydrogen-bond donors (Lipinski definition) is 2. The van der Waals surface area contributed by atoms with E-state index < -0.39 is 10.0 Å².